The summed E-state index contributed by atoms with van der Waals surface area (Å²) in [4.78, 5) is 8.26. The number of hydrogen-bond donors (Lipinski definition) is 1. The van der Waals surface area contributed by atoms with Gasteiger partial charge in [0.15, 0.2) is 0 Å². The molecular weight excluding hydrogens is 300 g/mol. The van der Waals surface area contributed by atoms with E-state index in [1.54, 1.807) is 0 Å². The van der Waals surface area contributed by atoms with Gasteiger partial charge in [-0.2, -0.15) is 4.80 Å². The molecule has 8 heteroatoms. The lowest BCUT2D eigenvalue weighted by Gasteiger charge is -2.12. The summed E-state index contributed by atoms with van der Waals surface area (Å²) in [7, 11) is 3.97. The third-order valence-electron chi connectivity index (χ3n) is 3.16. The van der Waals surface area contributed by atoms with Gasteiger partial charge in [0.2, 0.25) is 11.7 Å². The number of aryl methyl sites for hydroxylation is 1. The lowest BCUT2D eigenvalue weighted by Crippen LogP contribution is -2.08. The molecule has 0 aliphatic heterocycles. The zero-order valence-electron chi connectivity index (χ0n) is 12.6. The minimum Gasteiger partial charge on any atom is -0.492 e. The van der Waals surface area contributed by atoms with E-state index in [0.29, 0.717) is 17.2 Å². The molecule has 0 fully saturated rings. The van der Waals surface area contributed by atoms with E-state index >= 15 is 0 Å². The zero-order valence-corrected chi connectivity index (χ0v) is 13.4. The summed E-state index contributed by atoms with van der Waals surface area (Å²) in [5.74, 6) is 0.331. The quantitative estimate of drug-likeness (QED) is 0.795. The maximum atomic E-state index is 10.1. The normalized spacial score (nSPS) is 10.9. The average molecular weight is 316 g/mol. The number of thiazole rings is 1. The minimum absolute atomic E-state index is 0.0640. The van der Waals surface area contributed by atoms with Crippen molar-refractivity contribution < 1.29 is 5.11 Å². The summed E-state index contributed by atoms with van der Waals surface area (Å²) in [6.45, 7) is 2.56. The van der Waals surface area contributed by atoms with Crippen molar-refractivity contribution in [1.29, 1.82) is 0 Å². The lowest BCUT2D eigenvalue weighted by molar-refractivity contribution is 0.459. The van der Waals surface area contributed by atoms with Gasteiger partial charge < -0.3 is 10.0 Å². The molecule has 22 heavy (non-hydrogen) atoms. The maximum Gasteiger partial charge on any atom is 0.234 e. The molecule has 0 spiro atoms. The smallest absolute Gasteiger partial charge is 0.234 e. The highest BCUT2D eigenvalue weighted by molar-refractivity contribution is 7.18. The molecule has 0 saturated heterocycles. The molecule has 1 aromatic carbocycles. The Hall–Kier alpha value is -2.48. The third kappa shape index (κ3) is 2.64. The van der Waals surface area contributed by atoms with E-state index in [-0.39, 0.29) is 5.88 Å². The molecule has 7 nitrogen and oxygen atoms in total. The molecule has 0 aliphatic carbocycles. The largest absolute Gasteiger partial charge is 0.492 e. The molecule has 3 aromatic rings. The number of aromatic nitrogens is 5. The molecule has 0 amide bonds. The number of aromatic hydroxyl groups is 1. The van der Waals surface area contributed by atoms with Crippen LogP contribution in [0.3, 0.4) is 0 Å². The SMILES string of the molecule is CCn1nnc(-c2sc(-c3cccc(N(C)C)c3)nc2O)n1. The summed E-state index contributed by atoms with van der Waals surface area (Å²) < 4.78 is 0. The second-order valence-electron chi connectivity index (χ2n) is 4.92. The Bertz CT molecular complexity index is 794. The minimum atomic E-state index is -0.0640. The van der Waals surface area contributed by atoms with Crippen LogP contribution in [0.4, 0.5) is 5.69 Å². The summed E-state index contributed by atoms with van der Waals surface area (Å²) in [6, 6.07) is 7.98. The van der Waals surface area contributed by atoms with Crippen LogP contribution in [0.25, 0.3) is 21.3 Å². The molecule has 0 saturated carbocycles. The van der Waals surface area contributed by atoms with E-state index in [1.165, 1.54) is 16.1 Å². The van der Waals surface area contributed by atoms with Crippen molar-refractivity contribution in [2.45, 2.75) is 13.5 Å². The van der Waals surface area contributed by atoms with Gasteiger partial charge in [0.25, 0.3) is 0 Å². The Morgan fingerprint density at radius 1 is 1.32 bits per heavy atom. The first kappa shape index (κ1) is 14.5. The number of rotatable bonds is 4. The molecular formula is C14H16N6OS. The molecule has 3 rings (SSSR count). The van der Waals surface area contributed by atoms with Crippen LogP contribution < -0.4 is 4.90 Å². The molecule has 1 N–H and O–H groups in total. The van der Waals surface area contributed by atoms with Crippen LogP contribution in [-0.4, -0.2) is 44.4 Å². The highest BCUT2D eigenvalue weighted by atomic mass is 32.1. The van der Waals surface area contributed by atoms with Crippen molar-refractivity contribution in [3.8, 4) is 27.2 Å². The van der Waals surface area contributed by atoms with E-state index in [0.717, 1.165) is 16.3 Å². The highest BCUT2D eigenvalue weighted by Gasteiger charge is 2.18. The molecule has 2 aromatic heterocycles. The lowest BCUT2D eigenvalue weighted by atomic mass is 10.2. The van der Waals surface area contributed by atoms with Gasteiger partial charge in [-0.1, -0.05) is 12.1 Å². The Balaban J connectivity index is 2.00. The first-order valence-corrected chi connectivity index (χ1v) is 7.66. The summed E-state index contributed by atoms with van der Waals surface area (Å²) in [5, 5.41) is 22.9. The third-order valence-corrected chi connectivity index (χ3v) is 4.25. The van der Waals surface area contributed by atoms with Gasteiger partial charge >= 0.3 is 0 Å². The van der Waals surface area contributed by atoms with Crippen LogP contribution in [0.2, 0.25) is 0 Å². The maximum absolute atomic E-state index is 10.1. The molecule has 2 heterocycles. The van der Waals surface area contributed by atoms with Crippen LogP contribution in [0.15, 0.2) is 24.3 Å². The molecule has 0 atom stereocenters. The Labute approximate surface area is 131 Å². The van der Waals surface area contributed by atoms with Gasteiger partial charge in [0.05, 0.1) is 6.54 Å². The predicted molar refractivity (Wildman–Crippen MR) is 86.0 cm³/mol. The Morgan fingerprint density at radius 2 is 2.14 bits per heavy atom. The fourth-order valence-corrected chi connectivity index (χ4v) is 2.85. The van der Waals surface area contributed by atoms with E-state index in [4.69, 9.17) is 0 Å². The van der Waals surface area contributed by atoms with Crippen LogP contribution in [0.1, 0.15) is 6.92 Å². The second-order valence-corrected chi connectivity index (χ2v) is 5.92. The fourth-order valence-electron chi connectivity index (χ4n) is 1.97. The van der Waals surface area contributed by atoms with E-state index in [2.05, 4.69) is 20.4 Å². The van der Waals surface area contributed by atoms with Crippen LogP contribution >= 0.6 is 11.3 Å². The first-order chi connectivity index (χ1) is 10.6. The molecule has 0 aliphatic rings. The van der Waals surface area contributed by atoms with Crippen molar-refractivity contribution in [1.82, 2.24) is 25.2 Å². The number of anilines is 1. The summed E-state index contributed by atoms with van der Waals surface area (Å²) >= 11 is 1.35. The first-order valence-electron chi connectivity index (χ1n) is 6.84. The number of nitrogens with zero attached hydrogens (tertiary/aromatic N) is 6. The van der Waals surface area contributed by atoms with E-state index in [9.17, 15) is 5.11 Å². The standard InChI is InChI=1S/C14H16N6OS/c1-4-20-17-12(16-18-20)11-13(21)15-14(22-11)9-6-5-7-10(8-9)19(2)3/h5-8,21H,4H2,1-3H3. The fraction of sp³-hybridized carbons (Fsp3) is 0.286. The van der Waals surface area contributed by atoms with Gasteiger partial charge in [-0.3, -0.25) is 0 Å². The second kappa shape index (κ2) is 5.72. The topological polar surface area (TPSA) is 80.0 Å². The summed E-state index contributed by atoms with van der Waals surface area (Å²) in [5.41, 5.74) is 2.02. The van der Waals surface area contributed by atoms with Crippen molar-refractivity contribution in [3.05, 3.63) is 24.3 Å². The van der Waals surface area contributed by atoms with Crippen LogP contribution in [0, 0.1) is 0 Å². The van der Waals surface area contributed by atoms with Crippen molar-refractivity contribution in [2.75, 3.05) is 19.0 Å². The predicted octanol–water partition coefficient (Wildman–Crippen LogP) is 2.26. The Kier molecular flexibility index (Phi) is 3.76. The van der Waals surface area contributed by atoms with E-state index in [1.807, 2.05) is 50.2 Å². The Morgan fingerprint density at radius 3 is 2.82 bits per heavy atom. The molecule has 0 bridgehead atoms. The summed E-state index contributed by atoms with van der Waals surface area (Å²) in [6.07, 6.45) is 0. The molecule has 114 valence electrons. The molecule has 0 unspecified atom stereocenters. The van der Waals surface area contributed by atoms with E-state index < -0.39 is 0 Å². The van der Waals surface area contributed by atoms with Gasteiger partial charge in [0.1, 0.15) is 9.88 Å². The zero-order chi connectivity index (χ0) is 15.7. The monoisotopic (exact) mass is 316 g/mol. The van der Waals surface area contributed by atoms with Gasteiger partial charge in [0, 0.05) is 25.3 Å². The van der Waals surface area contributed by atoms with Gasteiger partial charge in [-0.05, 0) is 24.3 Å². The number of hydrogen-bond acceptors (Lipinski definition) is 7. The van der Waals surface area contributed by atoms with Gasteiger partial charge in [-0.25, -0.2) is 4.98 Å². The van der Waals surface area contributed by atoms with Crippen molar-refractivity contribution in [3.63, 3.8) is 0 Å². The number of benzene rings is 1. The molecule has 0 radical (unpaired) electrons. The van der Waals surface area contributed by atoms with Crippen molar-refractivity contribution in [2.24, 2.45) is 0 Å². The number of tetrazole rings is 1. The van der Waals surface area contributed by atoms with Crippen molar-refractivity contribution >= 4 is 17.0 Å². The highest BCUT2D eigenvalue weighted by Crippen LogP contribution is 2.38. The van der Waals surface area contributed by atoms with Crippen LogP contribution in [-0.2, 0) is 6.54 Å². The van der Waals surface area contributed by atoms with Gasteiger partial charge in [-0.15, -0.1) is 21.5 Å². The van der Waals surface area contributed by atoms with Crippen LogP contribution in [0.5, 0.6) is 5.88 Å². The average Bonchev–Trinajstić information content (AvgIpc) is 3.13.